The van der Waals surface area contributed by atoms with Crippen molar-refractivity contribution in [1.29, 1.82) is 0 Å². The van der Waals surface area contributed by atoms with E-state index in [1.54, 1.807) is 0 Å². The van der Waals surface area contributed by atoms with Crippen molar-refractivity contribution in [3.05, 3.63) is 33.8 Å². The molecule has 0 unspecified atom stereocenters. The Morgan fingerprint density at radius 1 is 1.33 bits per heavy atom. The van der Waals surface area contributed by atoms with Crippen LogP contribution in [0.4, 0.5) is 0 Å². The Morgan fingerprint density at radius 3 is 2.50 bits per heavy atom. The molecule has 64 valence electrons. The zero-order valence-electron chi connectivity index (χ0n) is 5.84. The van der Waals surface area contributed by atoms with E-state index in [1.807, 2.05) is 0 Å². The van der Waals surface area contributed by atoms with Gasteiger partial charge in [0.05, 0.1) is 10.0 Å². The van der Waals surface area contributed by atoms with Crippen LogP contribution in [0.5, 0.6) is 0 Å². The highest BCUT2D eigenvalue weighted by Crippen LogP contribution is 2.22. The molecule has 0 spiro atoms. The quantitative estimate of drug-likeness (QED) is 0.546. The molecule has 1 rings (SSSR count). The molecule has 0 atom stereocenters. The molecule has 0 aliphatic rings. The number of halogens is 2. The van der Waals surface area contributed by atoms with Crippen molar-refractivity contribution in [3.63, 3.8) is 0 Å². The Kier molecular flexibility index (Phi) is 2.92. The first-order valence-corrected chi connectivity index (χ1v) is 3.80. The summed E-state index contributed by atoms with van der Waals surface area (Å²) in [6.45, 7) is 0. The van der Waals surface area contributed by atoms with E-state index < -0.39 is 5.91 Å². The molecule has 2 N–H and O–H groups in total. The zero-order valence-corrected chi connectivity index (χ0v) is 7.36. The fourth-order valence-corrected chi connectivity index (χ4v) is 1.00. The summed E-state index contributed by atoms with van der Waals surface area (Å²) in [6.07, 6.45) is 0. The predicted molar refractivity (Wildman–Crippen MR) is 45.7 cm³/mol. The van der Waals surface area contributed by atoms with Crippen LogP contribution in [0.2, 0.25) is 10.0 Å². The minimum atomic E-state index is -0.617. The van der Waals surface area contributed by atoms with Gasteiger partial charge in [0.1, 0.15) is 0 Å². The van der Waals surface area contributed by atoms with Crippen LogP contribution in [-0.4, -0.2) is 11.1 Å². The summed E-state index contributed by atoms with van der Waals surface area (Å²) in [4.78, 5) is 10.8. The molecular formula is C7H5Cl2NO2. The van der Waals surface area contributed by atoms with E-state index in [0.717, 1.165) is 0 Å². The molecule has 0 saturated heterocycles. The van der Waals surface area contributed by atoms with Crippen LogP contribution in [0.3, 0.4) is 0 Å². The molecule has 0 fully saturated rings. The Morgan fingerprint density at radius 2 is 2.00 bits per heavy atom. The lowest BCUT2D eigenvalue weighted by atomic mass is 10.2. The second-order valence-corrected chi connectivity index (χ2v) is 2.88. The van der Waals surface area contributed by atoms with Gasteiger partial charge in [-0.25, -0.2) is 5.48 Å². The lowest BCUT2D eigenvalue weighted by Crippen LogP contribution is -2.18. The van der Waals surface area contributed by atoms with Gasteiger partial charge in [0.25, 0.3) is 5.91 Å². The van der Waals surface area contributed by atoms with Gasteiger partial charge < -0.3 is 0 Å². The van der Waals surface area contributed by atoms with Crippen LogP contribution in [0, 0.1) is 0 Å². The van der Waals surface area contributed by atoms with E-state index in [-0.39, 0.29) is 10.6 Å². The largest absolute Gasteiger partial charge is 0.288 e. The van der Waals surface area contributed by atoms with Crippen molar-refractivity contribution in [3.8, 4) is 0 Å². The van der Waals surface area contributed by atoms with Crippen LogP contribution in [0.1, 0.15) is 10.4 Å². The van der Waals surface area contributed by atoms with Crippen LogP contribution in [0.25, 0.3) is 0 Å². The van der Waals surface area contributed by atoms with Gasteiger partial charge in [0.2, 0.25) is 0 Å². The van der Waals surface area contributed by atoms with Gasteiger partial charge in [-0.15, -0.1) is 0 Å². The second kappa shape index (κ2) is 3.76. The van der Waals surface area contributed by atoms with E-state index in [1.165, 1.54) is 23.7 Å². The van der Waals surface area contributed by atoms with Crippen LogP contribution in [0.15, 0.2) is 18.2 Å². The number of hydrogen-bond donors (Lipinski definition) is 2. The molecule has 0 radical (unpaired) electrons. The maximum atomic E-state index is 10.8. The maximum absolute atomic E-state index is 10.8. The molecule has 0 saturated carbocycles. The minimum Gasteiger partial charge on any atom is -0.288 e. The number of hydrogen-bond acceptors (Lipinski definition) is 2. The SMILES string of the molecule is O=C(NO)c1ccc(Cl)c(Cl)c1. The van der Waals surface area contributed by atoms with E-state index in [9.17, 15) is 4.79 Å². The van der Waals surface area contributed by atoms with Crippen LogP contribution in [-0.2, 0) is 0 Å². The topological polar surface area (TPSA) is 49.3 Å². The van der Waals surface area contributed by atoms with Crippen molar-refractivity contribution in [1.82, 2.24) is 5.48 Å². The Hall–Kier alpha value is -0.770. The molecule has 0 aliphatic heterocycles. The van der Waals surface area contributed by atoms with Crippen molar-refractivity contribution in [2.24, 2.45) is 0 Å². The minimum absolute atomic E-state index is 0.256. The van der Waals surface area contributed by atoms with Gasteiger partial charge in [-0.2, -0.15) is 0 Å². The third-order valence-corrected chi connectivity index (χ3v) is 2.02. The second-order valence-electron chi connectivity index (χ2n) is 2.07. The van der Waals surface area contributed by atoms with E-state index in [0.29, 0.717) is 5.02 Å². The van der Waals surface area contributed by atoms with E-state index in [2.05, 4.69) is 0 Å². The van der Waals surface area contributed by atoms with Gasteiger partial charge >= 0.3 is 0 Å². The number of carbonyl (C=O) groups excluding carboxylic acids is 1. The molecule has 5 heteroatoms. The lowest BCUT2D eigenvalue weighted by Gasteiger charge is -1.99. The highest BCUT2D eigenvalue weighted by atomic mass is 35.5. The average Bonchev–Trinajstić information content (AvgIpc) is 2.08. The summed E-state index contributed by atoms with van der Waals surface area (Å²) in [5.74, 6) is -0.617. The number of amides is 1. The highest BCUT2D eigenvalue weighted by molar-refractivity contribution is 6.42. The maximum Gasteiger partial charge on any atom is 0.274 e. The smallest absolute Gasteiger partial charge is 0.274 e. The molecule has 3 nitrogen and oxygen atoms in total. The van der Waals surface area contributed by atoms with Crippen molar-refractivity contribution < 1.29 is 10.0 Å². The van der Waals surface area contributed by atoms with Crippen LogP contribution < -0.4 is 5.48 Å². The fraction of sp³-hybridized carbons (Fsp3) is 0. The van der Waals surface area contributed by atoms with Gasteiger partial charge in [-0.1, -0.05) is 23.2 Å². The first-order valence-electron chi connectivity index (χ1n) is 3.04. The summed E-state index contributed by atoms with van der Waals surface area (Å²) >= 11 is 11.2. The molecule has 1 amide bonds. The molecule has 1 aromatic carbocycles. The Bertz CT molecular complexity index is 314. The molecule has 1 aromatic rings. The molecule has 0 aliphatic carbocycles. The summed E-state index contributed by atoms with van der Waals surface area (Å²) in [5.41, 5.74) is 1.74. The van der Waals surface area contributed by atoms with Gasteiger partial charge in [-0.05, 0) is 18.2 Å². The molecular weight excluding hydrogens is 201 g/mol. The van der Waals surface area contributed by atoms with Crippen molar-refractivity contribution >= 4 is 29.1 Å². The number of benzene rings is 1. The lowest BCUT2D eigenvalue weighted by molar-refractivity contribution is 0.0706. The van der Waals surface area contributed by atoms with E-state index >= 15 is 0 Å². The number of hydroxylamine groups is 1. The fourth-order valence-electron chi connectivity index (χ4n) is 0.702. The predicted octanol–water partition coefficient (Wildman–Crippen LogP) is 2.11. The highest BCUT2D eigenvalue weighted by Gasteiger charge is 2.05. The number of rotatable bonds is 1. The number of nitrogens with one attached hydrogen (secondary N) is 1. The van der Waals surface area contributed by atoms with Crippen LogP contribution >= 0.6 is 23.2 Å². The van der Waals surface area contributed by atoms with Gasteiger partial charge in [-0.3, -0.25) is 10.0 Å². The van der Waals surface area contributed by atoms with Crippen molar-refractivity contribution in [2.75, 3.05) is 0 Å². The summed E-state index contributed by atoms with van der Waals surface area (Å²) < 4.78 is 0. The average molecular weight is 206 g/mol. The Labute approximate surface area is 78.9 Å². The first kappa shape index (κ1) is 9.32. The monoisotopic (exact) mass is 205 g/mol. The van der Waals surface area contributed by atoms with E-state index in [4.69, 9.17) is 28.4 Å². The normalized spacial score (nSPS) is 9.58. The standard InChI is InChI=1S/C7H5Cl2NO2/c8-5-2-1-4(3-6(5)9)7(11)10-12/h1-3,12H,(H,10,11). The van der Waals surface area contributed by atoms with Gasteiger partial charge in [0, 0.05) is 5.56 Å². The molecule has 0 aromatic heterocycles. The van der Waals surface area contributed by atoms with Crippen molar-refractivity contribution in [2.45, 2.75) is 0 Å². The number of carbonyl (C=O) groups is 1. The zero-order chi connectivity index (χ0) is 9.14. The summed E-state index contributed by atoms with van der Waals surface area (Å²) in [6, 6.07) is 4.31. The molecule has 12 heavy (non-hydrogen) atoms. The molecule has 0 heterocycles. The summed E-state index contributed by atoms with van der Waals surface area (Å²) in [5, 5.41) is 8.92. The van der Waals surface area contributed by atoms with Gasteiger partial charge in [0.15, 0.2) is 0 Å². The third-order valence-electron chi connectivity index (χ3n) is 1.28. The first-order chi connectivity index (χ1) is 5.65. The third kappa shape index (κ3) is 1.88. The Balaban J connectivity index is 3.05. The molecule has 0 bridgehead atoms. The summed E-state index contributed by atoms with van der Waals surface area (Å²) in [7, 11) is 0.